The third kappa shape index (κ3) is 3.52. The van der Waals surface area contributed by atoms with Crippen LogP contribution in [0.1, 0.15) is 19.8 Å². The number of nitrogens with one attached hydrogen (secondary N) is 1. The molecule has 1 aromatic carbocycles. The Kier molecular flexibility index (Phi) is 4.67. The van der Waals surface area contributed by atoms with Crippen LogP contribution in [0.2, 0.25) is 0 Å². The van der Waals surface area contributed by atoms with Gasteiger partial charge in [0, 0.05) is 44.7 Å². The van der Waals surface area contributed by atoms with Crippen LogP contribution < -0.4 is 15.8 Å². The van der Waals surface area contributed by atoms with Crippen LogP contribution in [0.5, 0.6) is 5.75 Å². The van der Waals surface area contributed by atoms with Crippen LogP contribution in [0.25, 0.3) is 0 Å². The van der Waals surface area contributed by atoms with Gasteiger partial charge in [-0.2, -0.15) is 0 Å². The second-order valence-corrected chi connectivity index (χ2v) is 4.99. The van der Waals surface area contributed by atoms with E-state index in [1.165, 1.54) is 12.1 Å². The van der Waals surface area contributed by atoms with E-state index in [1.54, 1.807) is 6.92 Å². The lowest BCUT2D eigenvalue weighted by atomic mass is 9.94. The van der Waals surface area contributed by atoms with E-state index in [-0.39, 0.29) is 5.75 Å². The molecule has 20 heavy (non-hydrogen) atoms. The number of ether oxygens (including phenoxy) is 2. The molecule has 4 N–H and O–H groups in total. The second-order valence-electron chi connectivity index (χ2n) is 4.99. The summed E-state index contributed by atoms with van der Waals surface area (Å²) in [4.78, 5) is 0. The normalized spacial score (nSPS) is 17.8. The zero-order valence-electron chi connectivity index (χ0n) is 11.6. The lowest BCUT2D eigenvalue weighted by Gasteiger charge is -2.32. The minimum absolute atomic E-state index is 0.156. The fraction of sp³-hybridized carbons (Fsp3) is 0.571. The molecule has 0 spiro atoms. The van der Waals surface area contributed by atoms with Crippen molar-refractivity contribution in [2.24, 2.45) is 0 Å². The fourth-order valence-electron chi connectivity index (χ4n) is 2.18. The highest BCUT2D eigenvalue weighted by Crippen LogP contribution is 2.29. The first-order chi connectivity index (χ1) is 9.54. The van der Waals surface area contributed by atoms with Crippen LogP contribution >= 0.6 is 0 Å². The number of benzene rings is 1. The maximum atomic E-state index is 13.6. The van der Waals surface area contributed by atoms with Gasteiger partial charge in [-0.05, 0) is 6.92 Å². The molecule has 1 fully saturated rings. The van der Waals surface area contributed by atoms with Crippen molar-refractivity contribution in [1.82, 2.24) is 0 Å². The summed E-state index contributed by atoms with van der Waals surface area (Å²) in [5, 5.41) is 13.4. The van der Waals surface area contributed by atoms with Crippen molar-refractivity contribution in [3.8, 4) is 5.75 Å². The highest BCUT2D eigenvalue weighted by atomic mass is 19.1. The summed E-state index contributed by atoms with van der Waals surface area (Å²) < 4.78 is 24.0. The number of rotatable bonds is 5. The molecule has 0 bridgehead atoms. The summed E-state index contributed by atoms with van der Waals surface area (Å²) >= 11 is 0. The van der Waals surface area contributed by atoms with Crippen molar-refractivity contribution in [2.75, 3.05) is 37.4 Å². The fourth-order valence-corrected chi connectivity index (χ4v) is 2.18. The first kappa shape index (κ1) is 14.9. The van der Waals surface area contributed by atoms with Gasteiger partial charge in [0.05, 0.1) is 23.6 Å². The molecule has 112 valence electrons. The minimum atomic E-state index is -0.815. The first-order valence-electron chi connectivity index (χ1n) is 6.80. The third-order valence-electron chi connectivity index (χ3n) is 3.44. The number of nitrogens with two attached hydrogens (primary N) is 1. The largest absolute Gasteiger partial charge is 0.491 e. The van der Waals surface area contributed by atoms with E-state index in [4.69, 9.17) is 15.2 Å². The van der Waals surface area contributed by atoms with Gasteiger partial charge in [-0.1, -0.05) is 0 Å². The average Bonchev–Trinajstić information content (AvgIpc) is 2.41. The molecule has 5 nitrogen and oxygen atoms in total. The standard InChI is InChI=1S/C14H21FN2O3/c1-2-20-13-8-12(11(16)7-10(13)15)17-9-14(18)3-5-19-6-4-14/h7-8,17-18H,2-6,9,16H2,1H3. The smallest absolute Gasteiger partial charge is 0.167 e. The van der Waals surface area contributed by atoms with Gasteiger partial charge in [-0.3, -0.25) is 0 Å². The highest BCUT2D eigenvalue weighted by molar-refractivity contribution is 5.68. The Morgan fingerprint density at radius 3 is 2.80 bits per heavy atom. The van der Waals surface area contributed by atoms with Crippen LogP contribution in [-0.2, 0) is 4.74 Å². The van der Waals surface area contributed by atoms with E-state index in [2.05, 4.69) is 5.32 Å². The highest BCUT2D eigenvalue weighted by Gasteiger charge is 2.29. The van der Waals surface area contributed by atoms with Gasteiger partial charge in [-0.15, -0.1) is 0 Å². The Morgan fingerprint density at radius 1 is 1.45 bits per heavy atom. The number of halogens is 1. The van der Waals surface area contributed by atoms with Crippen molar-refractivity contribution in [1.29, 1.82) is 0 Å². The molecule has 2 rings (SSSR count). The quantitative estimate of drug-likeness (QED) is 0.718. The summed E-state index contributed by atoms with van der Waals surface area (Å²) in [6.07, 6.45) is 1.14. The molecule has 1 heterocycles. The van der Waals surface area contributed by atoms with Crippen LogP contribution in [-0.4, -0.2) is 37.1 Å². The zero-order valence-corrected chi connectivity index (χ0v) is 11.6. The van der Waals surface area contributed by atoms with Gasteiger partial charge in [0.25, 0.3) is 0 Å². The lowest BCUT2D eigenvalue weighted by molar-refractivity contribution is -0.0543. The molecule has 0 aliphatic carbocycles. The molecule has 0 amide bonds. The molecule has 0 saturated carbocycles. The van der Waals surface area contributed by atoms with Crippen LogP contribution in [0.3, 0.4) is 0 Å². The lowest BCUT2D eigenvalue weighted by Crippen LogP contribution is -2.42. The Hall–Kier alpha value is -1.53. The maximum absolute atomic E-state index is 13.6. The van der Waals surface area contributed by atoms with Gasteiger partial charge < -0.3 is 25.6 Å². The summed E-state index contributed by atoms with van der Waals surface area (Å²) in [5.41, 5.74) is 5.82. The van der Waals surface area contributed by atoms with Gasteiger partial charge in [-0.25, -0.2) is 4.39 Å². The Morgan fingerprint density at radius 2 is 2.15 bits per heavy atom. The molecule has 0 aromatic heterocycles. The van der Waals surface area contributed by atoms with E-state index in [1.807, 2.05) is 0 Å². The molecular weight excluding hydrogens is 263 g/mol. The van der Waals surface area contributed by atoms with E-state index < -0.39 is 11.4 Å². The predicted molar refractivity (Wildman–Crippen MR) is 75.5 cm³/mol. The van der Waals surface area contributed by atoms with Crippen LogP contribution in [0.4, 0.5) is 15.8 Å². The second kappa shape index (κ2) is 6.28. The van der Waals surface area contributed by atoms with E-state index in [0.29, 0.717) is 50.6 Å². The van der Waals surface area contributed by atoms with E-state index >= 15 is 0 Å². The van der Waals surface area contributed by atoms with Gasteiger partial charge >= 0.3 is 0 Å². The Labute approximate surface area is 117 Å². The SMILES string of the molecule is CCOc1cc(NCC2(O)CCOCC2)c(N)cc1F. The predicted octanol–water partition coefficient (Wildman–Crippen LogP) is 1.76. The number of anilines is 2. The molecule has 6 heteroatoms. The van der Waals surface area contributed by atoms with Crippen molar-refractivity contribution < 1.29 is 19.0 Å². The molecule has 1 aliphatic heterocycles. The summed E-state index contributed by atoms with van der Waals surface area (Å²) in [6, 6.07) is 2.75. The topological polar surface area (TPSA) is 76.7 Å². The van der Waals surface area contributed by atoms with Gasteiger partial charge in [0.15, 0.2) is 11.6 Å². The van der Waals surface area contributed by atoms with Crippen LogP contribution in [0.15, 0.2) is 12.1 Å². The monoisotopic (exact) mass is 284 g/mol. The molecular formula is C14H21FN2O3. The van der Waals surface area contributed by atoms with Crippen molar-refractivity contribution in [3.05, 3.63) is 17.9 Å². The number of hydrogen-bond acceptors (Lipinski definition) is 5. The van der Waals surface area contributed by atoms with Crippen molar-refractivity contribution >= 4 is 11.4 Å². The summed E-state index contributed by atoms with van der Waals surface area (Å²) in [7, 11) is 0. The molecule has 1 aromatic rings. The molecule has 1 saturated heterocycles. The molecule has 0 atom stereocenters. The average molecular weight is 284 g/mol. The summed E-state index contributed by atoms with van der Waals surface area (Å²) in [5.74, 6) is -0.331. The van der Waals surface area contributed by atoms with Crippen molar-refractivity contribution in [2.45, 2.75) is 25.4 Å². The van der Waals surface area contributed by atoms with Crippen LogP contribution in [0, 0.1) is 5.82 Å². The zero-order chi connectivity index (χ0) is 14.6. The summed E-state index contributed by atoms with van der Waals surface area (Å²) in [6.45, 7) is 3.59. The maximum Gasteiger partial charge on any atom is 0.167 e. The molecule has 1 aliphatic rings. The number of hydrogen-bond donors (Lipinski definition) is 3. The first-order valence-corrected chi connectivity index (χ1v) is 6.80. The molecule has 0 radical (unpaired) electrons. The van der Waals surface area contributed by atoms with Crippen molar-refractivity contribution in [3.63, 3.8) is 0 Å². The molecule has 0 unspecified atom stereocenters. The van der Waals surface area contributed by atoms with E-state index in [0.717, 1.165) is 0 Å². The Balaban J connectivity index is 2.06. The third-order valence-corrected chi connectivity index (χ3v) is 3.44. The minimum Gasteiger partial charge on any atom is -0.491 e. The van der Waals surface area contributed by atoms with Gasteiger partial charge in [0.1, 0.15) is 0 Å². The van der Waals surface area contributed by atoms with Gasteiger partial charge in [0.2, 0.25) is 0 Å². The Bertz CT molecular complexity index is 462. The van der Waals surface area contributed by atoms with E-state index in [9.17, 15) is 9.50 Å². The number of aliphatic hydroxyl groups is 1. The number of nitrogen functional groups attached to an aromatic ring is 1.